The maximum atomic E-state index is 12.3. The van der Waals surface area contributed by atoms with Crippen LogP contribution >= 0.6 is 34.8 Å². The van der Waals surface area contributed by atoms with Crippen LogP contribution in [0.5, 0.6) is 0 Å². The minimum Gasteiger partial charge on any atom is -0.364 e. The smallest absolute Gasteiger partial charge is 0.262 e. The van der Waals surface area contributed by atoms with Gasteiger partial charge in [0.15, 0.2) is 0 Å². The Balaban J connectivity index is 2.05. The van der Waals surface area contributed by atoms with Gasteiger partial charge in [0.05, 0.1) is 6.42 Å². The molecule has 1 unspecified atom stereocenters. The van der Waals surface area contributed by atoms with E-state index in [0.29, 0.717) is 13.1 Å². The van der Waals surface area contributed by atoms with Crippen molar-refractivity contribution in [1.29, 1.82) is 0 Å². The zero-order valence-corrected chi connectivity index (χ0v) is 15.5. The molecule has 128 valence electrons. The molecular weight excluding hydrogens is 359 g/mol. The highest BCUT2D eigenvalue weighted by atomic mass is 35.6. The van der Waals surface area contributed by atoms with Crippen molar-refractivity contribution in [2.75, 3.05) is 13.1 Å². The minimum atomic E-state index is -1.58. The van der Waals surface area contributed by atoms with Crippen molar-refractivity contribution in [1.82, 2.24) is 5.32 Å². The molecule has 23 heavy (non-hydrogen) atoms. The highest BCUT2D eigenvalue weighted by Crippen LogP contribution is 2.28. The van der Waals surface area contributed by atoms with E-state index in [4.69, 9.17) is 39.5 Å². The van der Waals surface area contributed by atoms with Gasteiger partial charge in [0, 0.05) is 0 Å². The first-order valence-corrected chi connectivity index (χ1v) is 8.79. The first-order chi connectivity index (χ1) is 10.8. The van der Waals surface area contributed by atoms with E-state index < -0.39 is 9.96 Å². The fourth-order valence-corrected chi connectivity index (χ4v) is 3.59. The molecule has 0 radical (unpaired) electrons. The van der Waals surface area contributed by atoms with Crippen molar-refractivity contribution in [3.63, 3.8) is 0 Å². The summed E-state index contributed by atoms with van der Waals surface area (Å²) in [7, 11) is 0. The van der Waals surface area contributed by atoms with Gasteiger partial charge in [-0.2, -0.15) is 0 Å². The zero-order valence-electron chi connectivity index (χ0n) is 13.2. The van der Waals surface area contributed by atoms with E-state index in [-0.39, 0.29) is 24.5 Å². The summed E-state index contributed by atoms with van der Waals surface area (Å²) in [6, 6.07) is 9.49. The molecule has 0 bridgehead atoms. The van der Waals surface area contributed by atoms with Crippen molar-refractivity contribution in [3.05, 3.63) is 35.9 Å². The van der Waals surface area contributed by atoms with E-state index in [9.17, 15) is 4.79 Å². The molecule has 4 atom stereocenters. The Kier molecular flexibility index (Phi) is 6.57. The third-order valence-electron chi connectivity index (χ3n) is 3.81. The van der Waals surface area contributed by atoms with Crippen molar-refractivity contribution in [3.8, 4) is 0 Å². The second-order valence-corrected chi connectivity index (χ2v) is 8.40. The number of carbonyl (C=O) groups is 1. The Morgan fingerprint density at radius 3 is 2.35 bits per heavy atom. The molecule has 2 rings (SSSR count). The minimum absolute atomic E-state index is 0.0506. The molecule has 4 nitrogen and oxygen atoms in total. The summed E-state index contributed by atoms with van der Waals surface area (Å²) in [4.78, 5) is 13.4. The molecule has 1 aromatic carbocycles. The average Bonchev–Trinajstić information content (AvgIpc) is 2.43. The van der Waals surface area contributed by atoms with Crippen molar-refractivity contribution in [2.45, 2.75) is 42.4 Å². The number of carbonyl (C=O) groups excluding carboxylic acids is 1. The lowest BCUT2D eigenvalue weighted by Crippen LogP contribution is -3.22. The van der Waals surface area contributed by atoms with Crippen LogP contribution in [0.1, 0.15) is 19.4 Å². The quantitative estimate of drug-likeness (QED) is 0.781. The summed E-state index contributed by atoms with van der Waals surface area (Å²) in [5, 5.41) is 2.89. The zero-order chi connectivity index (χ0) is 17.0. The number of rotatable bonds is 4. The van der Waals surface area contributed by atoms with Crippen LogP contribution in [0, 0.1) is 0 Å². The van der Waals surface area contributed by atoms with Crippen molar-refractivity contribution >= 4 is 40.7 Å². The van der Waals surface area contributed by atoms with Crippen LogP contribution in [-0.2, 0) is 16.0 Å². The Morgan fingerprint density at radius 1 is 1.26 bits per heavy atom. The van der Waals surface area contributed by atoms with Gasteiger partial charge in [-0.25, -0.2) is 0 Å². The summed E-state index contributed by atoms with van der Waals surface area (Å²) in [5.41, 5.74) is 0.923. The van der Waals surface area contributed by atoms with E-state index in [1.807, 2.05) is 44.2 Å². The van der Waals surface area contributed by atoms with Gasteiger partial charge in [0.2, 0.25) is 12.1 Å². The molecule has 1 fully saturated rings. The van der Waals surface area contributed by atoms with Gasteiger partial charge < -0.3 is 15.0 Å². The standard InChI is InChI=1S/C16H21Cl3N2O2/c1-11-9-21(10-12(2)23-11)15(16(17,18)19)20-14(22)8-13-6-4-3-5-7-13/h3-7,11-12,15H,8-10H2,1-2H3,(H,20,22)/p+1/t11-,12+,15-/m0/s1. The normalized spacial score (nSPS) is 26.6. The molecule has 1 aromatic rings. The van der Waals surface area contributed by atoms with Crippen LogP contribution in [0.25, 0.3) is 0 Å². The number of morpholine rings is 1. The number of nitrogens with one attached hydrogen (secondary N) is 2. The molecule has 1 aliphatic heterocycles. The van der Waals surface area contributed by atoms with Gasteiger partial charge >= 0.3 is 0 Å². The van der Waals surface area contributed by atoms with Crippen LogP contribution < -0.4 is 10.2 Å². The maximum absolute atomic E-state index is 12.3. The maximum Gasteiger partial charge on any atom is 0.262 e. The van der Waals surface area contributed by atoms with E-state index in [0.717, 1.165) is 10.5 Å². The molecule has 0 spiro atoms. The predicted octanol–water partition coefficient (Wildman–Crippen LogP) is 1.73. The Labute approximate surface area is 152 Å². The highest BCUT2D eigenvalue weighted by molar-refractivity contribution is 6.68. The van der Waals surface area contributed by atoms with E-state index in [1.165, 1.54) is 0 Å². The number of hydrogen-bond donors (Lipinski definition) is 2. The number of quaternary nitrogens is 1. The molecule has 7 heteroatoms. The lowest BCUT2D eigenvalue weighted by atomic mass is 10.1. The van der Waals surface area contributed by atoms with E-state index >= 15 is 0 Å². The molecule has 1 saturated heterocycles. The predicted molar refractivity (Wildman–Crippen MR) is 93.1 cm³/mol. The number of ether oxygens (including phenoxy) is 1. The molecule has 1 amide bonds. The van der Waals surface area contributed by atoms with E-state index in [2.05, 4.69) is 5.32 Å². The summed E-state index contributed by atoms with van der Waals surface area (Å²) >= 11 is 18.4. The third kappa shape index (κ3) is 5.80. The lowest BCUT2D eigenvalue weighted by molar-refractivity contribution is -0.941. The van der Waals surface area contributed by atoms with Gasteiger partial charge in [-0.3, -0.25) is 4.79 Å². The summed E-state index contributed by atoms with van der Waals surface area (Å²) < 4.78 is 4.13. The Morgan fingerprint density at radius 2 is 1.83 bits per heavy atom. The average molecular weight is 381 g/mol. The molecular formula is C16H22Cl3N2O2+. The van der Waals surface area contributed by atoms with E-state index in [1.54, 1.807) is 0 Å². The first-order valence-electron chi connectivity index (χ1n) is 7.65. The van der Waals surface area contributed by atoms with Gasteiger partial charge in [-0.15, -0.1) is 0 Å². The number of hydrogen-bond acceptors (Lipinski definition) is 2. The molecule has 2 N–H and O–H groups in total. The van der Waals surface area contributed by atoms with Crippen LogP contribution in [0.4, 0.5) is 0 Å². The number of alkyl halides is 3. The highest BCUT2D eigenvalue weighted by Gasteiger charge is 2.44. The first kappa shape index (κ1) is 18.8. The second kappa shape index (κ2) is 8.04. The summed E-state index contributed by atoms with van der Waals surface area (Å²) in [5.74, 6) is -0.160. The third-order valence-corrected chi connectivity index (χ3v) is 4.47. The fraction of sp³-hybridized carbons (Fsp3) is 0.562. The van der Waals surface area contributed by atoms with Crippen molar-refractivity contribution < 1.29 is 14.4 Å². The van der Waals surface area contributed by atoms with Crippen LogP contribution in [0.15, 0.2) is 30.3 Å². The molecule has 0 aromatic heterocycles. The molecule has 0 aliphatic carbocycles. The summed E-state index contributed by atoms with van der Waals surface area (Å²) in [6.07, 6.45) is -0.255. The van der Waals surface area contributed by atoms with Crippen molar-refractivity contribution in [2.24, 2.45) is 0 Å². The fourth-order valence-electron chi connectivity index (χ4n) is 2.96. The van der Waals surface area contributed by atoms with Crippen LogP contribution in [-0.4, -0.2) is 41.2 Å². The Bertz CT molecular complexity index is 512. The van der Waals surface area contributed by atoms with Gasteiger partial charge in [0.1, 0.15) is 25.3 Å². The number of benzene rings is 1. The molecule has 1 aliphatic rings. The lowest BCUT2D eigenvalue weighted by Gasteiger charge is -2.39. The van der Waals surface area contributed by atoms with Crippen LogP contribution in [0.3, 0.4) is 0 Å². The Hall–Kier alpha value is -0.520. The number of amides is 1. The molecule has 1 heterocycles. The molecule has 0 saturated carbocycles. The van der Waals surface area contributed by atoms with Gasteiger partial charge in [-0.05, 0) is 19.4 Å². The summed E-state index contributed by atoms with van der Waals surface area (Å²) in [6.45, 7) is 5.32. The topological polar surface area (TPSA) is 42.8 Å². The number of halogens is 3. The monoisotopic (exact) mass is 379 g/mol. The second-order valence-electron chi connectivity index (χ2n) is 6.03. The van der Waals surface area contributed by atoms with Gasteiger partial charge in [-0.1, -0.05) is 65.1 Å². The van der Waals surface area contributed by atoms with Gasteiger partial charge in [0.25, 0.3) is 3.79 Å². The largest absolute Gasteiger partial charge is 0.364 e. The SMILES string of the molecule is C[C@@H]1C[NH+]([C@H](NC(=O)Cc2ccccc2)C(Cl)(Cl)Cl)C[C@H](C)O1. The van der Waals surface area contributed by atoms with Crippen LogP contribution in [0.2, 0.25) is 0 Å².